The van der Waals surface area contributed by atoms with Gasteiger partial charge in [-0.2, -0.15) is 23.3 Å². The van der Waals surface area contributed by atoms with Gasteiger partial charge in [-0.25, -0.2) is 9.37 Å². The zero-order valence-electron chi connectivity index (χ0n) is 15.2. The summed E-state index contributed by atoms with van der Waals surface area (Å²) in [6.45, 7) is 2.49. The van der Waals surface area contributed by atoms with Crippen molar-refractivity contribution in [3.05, 3.63) is 17.5 Å². The summed E-state index contributed by atoms with van der Waals surface area (Å²) in [7, 11) is 3.14. The van der Waals surface area contributed by atoms with Crippen molar-refractivity contribution < 1.29 is 17.6 Å². The molecule has 2 atom stereocenters. The van der Waals surface area contributed by atoms with Crippen LogP contribution in [-0.4, -0.2) is 58.0 Å². The van der Waals surface area contributed by atoms with E-state index in [0.717, 1.165) is 0 Å². The molecule has 148 valence electrons. The van der Waals surface area contributed by atoms with E-state index in [1.807, 2.05) is 11.9 Å². The molecule has 3 N–H and O–H groups in total. The minimum Gasteiger partial charge on any atom is -0.372 e. The van der Waals surface area contributed by atoms with E-state index in [4.69, 9.17) is 5.73 Å². The lowest BCUT2D eigenvalue weighted by atomic mass is 10.0. The van der Waals surface area contributed by atoms with Crippen LogP contribution >= 0.6 is 0 Å². The van der Waals surface area contributed by atoms with Crippen molar-refractivity contribution in [1.29, 1.82) is 0 Å². The molecule has 0 aliphatic carbocycles. The molecule has 1 saturated heterocycles. The zero-order chi connectivity index (χ0) is 19.9. The summed E-state index contributed by atoms with van der Waals surface area (Å²) in [6.07, 6.45) is -3.94. The van der Waals surface area contributed by atoms with Gasteiger partial charge in [0, 0.05) is 31.9 Å². The smallest absolute Gasteiger partial charge is 0.372 e. The summed E-state index contributed by atoms with van der Waals surface area (Å²) in [5.74, 6) is -0.711. The highest BCUT2D eigenvalue weighted by Gasteiger charge is 2.40. The van der Waals surface area contributed by atoms with Gasteiger partial charge in [0.25, 0.3) is 0 Å². The summed E-state index contributed by atoms with van der Waals surface area (Å²) in [5, 5.41) is 6.67. The third-order valence-electron chi connectivity index (χ3n) is 4.67. The van der Waals surface area contributed by atoms with Crippen LogP contribution in [0.1, 0.15) is 23.7 Å². The molecule has 1 aliphatic rings. The average molecular weight is 387 g/mol. The molecule has 0 spiro atoms. The molecule has 2 aromatic rings. The molecule has 0 aromatic carbocycles. The molecule has 0 saturated carbocycles. The van der Waals surface area contributed by atoms with Gasteiger partial charge in [-0.05, 0) is 20.4 Å². The van der Waals surface area contributed by atoms with Crippen LogP contribution < -0.4 is 11.1 Å². The number of anilines is 2. The lowest BCUT2D eigenvalue weighted by Crippen LogP contribution is -2.40. The molecule has 0 bridgehead atoms. The molecule has 27 heavy (non-hydrogen) atoms. The maximum atomic E-state index is 14.4. The second kappa shape index (κ2) is 6.95. The van der Waals surface area contributed by atoms with E-state index in [1.165, 1.54) is 17.9 Å². The second-order valence-electron chi connectivity index (χ2n) is 6.64. The van der Waals surface area contributed by atoms with Gasteiger partial charge in [0.15, 0.2) is 0 Å². The predicted octanol–water partition coefficient (Wildman–Crippen LogP) is 2.51. The monoisotopic (exact) mass is 387 g/mol. The predicted molar refractivity (Wildman–Crippen MR) is 93.0 cm³/mol. The molecular weight excluding hydrogens is 366 g/mol. The molecule has 0 radical (unpaired) electrons. The standard InChI is InChI=1S/C16H21F4N7/c1-8-9(6-27(25-8)11-4-5-26(3)7-10(11)17)13-12(16(18,19)20)14(22-2)24-15(21)23-13/h6,10-11H,4-5,7H2,1-3H3,(H3,21,22,23,24). The van der Waals surface area contributed by atoms with Crippen LogP contribution in [0.5, 0.6) is 0 Å². The van der Waals surface area contributed by atoms with Gasteiger partial charge >= 0.3 is 6.18 Å². The Balaban J connectivity index is 2.10. The highest BCUT2D eigenvalue weighted by atomic mass is 19.4. The number of aromatic nitrogens is 4. The Kier molecular flexibility index (Phi) is 4.98. The Hall–Kier alpha value is -2.43. The van der Waals surface area contributed by atoms with Crippen molar-refractivity contribution in [2.75, 3.05) is 38.2 Å². The van der Waals surface area contributed by atoms with Crippen molar-refractivity contribution in [1.82, 2.24) is 24.6 Å². The Bertz CT molecular complexity index is 833. The Morgan fingerprint density at radius 2 is 2.00 bits per heavy atom. The van der Waals surface area contributed by atoms with Gasteiger partial charge in [-0.1, -0.05) is 0 Å². The minimum absolute atomic E-state index is 0.152. The van der Waals surface area contributed by atoms with E-state index in [2.05, 4.69) is 20.4 Å². The van der Waals surface area contributed by atoms with Crippen molar-refractivity contribution in [2.24, 2.45) is 0 Å². The topological polar surface area (TPSA) is 84.9 Å². The SMILES string of the molecule is CNc1nc(N)nc(-c2cn(C3CCN(C)CC3F)nc2C)c1C(F)(F)F. The van der Waals surface area contributed by atoms with Gasteiger partial charge in [0.05, 0.1) is 17.4 Å². The van der Waals surface area contributed by atoms with E-state index in [-0.39, 0.29) is 23.8 Å². The van der Waals surface area contributed by atoms with Gasteiger partial charge < -0.3 is 16.0 Å². The summed E-state index contributed by atoms with van der Waals surface area (Å²) < 4.78 is 56.8. The highest BCUT2D eigenvalue weighted by Crippen LogP contribution is 2.41. The summed E-state index contributed by atoms with van der Waals surface area (Å²) in [6, 6.07) is -0.536. The average Bonchev–Trinajstić information content (AvgIpc) is 2.94. The van der Waals surface area contributed by atoms with E-state index >= 15 is 0 Å². The van der Waals surface area contributed by atoms with Crippen LogP contribution in [-0.2, 0) is 6.18 Å². The van der Waals surface area contributed by atoms with Gasteiger partial charge in [-0.3, -0.25) is 4.68 Å². The molecule has 1 aliphatic heterocycles. The fraction of sp³-hybridized carbons (Fsp3) is 0.562. The third-order valence-corrected chi connectivity index (χ3v) is 4.67. The fourth-order valence-corrected chi connectivity index (χ4v) is 3.35. The maximum Gasteiger partial charge on any atom is 0.422 e. The van der Waals surface area contributed by atoms with Crippen LogP contribution in [0.15, 0.2) is 6.20 Å². The molecule has 2 aromatic heterocycles. The number of piperidine rings is 1. The molecule has 3 heterocycles. The first kappa shape index (κ1) is 19.3. The first-order valence-electron chi connectivity index (χ1n) is 8.43. The summed E-state index contributed by atoms with van der Waals surface area (Å²) in [5.41, 5.74) is 4.67. The first-order valence-corrected chi connectivity index (χ1v) is 8.43. The molecule has 7 nitrogen and oxygen atoms in total. The van der Waals surface area contributed by atoms with Crippen molar-refractivity contribution >= 4 is 11.8 Å². The quantitative estimate of drug-likeness (QED) is 0.788. The van der Waals surface area contributed by atoms with Gasteiger partial charge in [0.1, 0.15) is 17.6 Å². The molecule has 3 rings (SSSR count). The Labute approximate surface area is 153 Å². The van der Waals surface area contributed by atoms with Crippen LogP contribution in [0.3, 0.4) is 0 Å². The number of rotatable bonds is 3. The lowest BCUT2D eigenvalue weighted by molar-refractivity contribution is -0.136. The molecule has 2 unspecified atom stereocenters. The van der Waals surface area contributed by atoms with E-state index in [1.54, 1.807) is 6.92 Å². The van der Waals surface area contributed by atoms with Crippen molar-refractivity contribution in [2.45, 2.75) is 31.7 Å². The third kappa shape index (κ3) is 3.68. The Morgan fingerprint density at radius 1 is 1.30 bits per heavy atom. The number of nitrogen functional groups attached to an aromatic ring is 1. The first-order chi connectivity index (χ1) is 12.6. The second-order valence-corrected chi connectivity index (χ2v) is 6.64. The van der Waals surface area contributed by atoms with E-state index in [0.29, 0.717) is 18.7 Å². The van der Waals surface area contributed by atoms with E-state index in [9.17, 15) is 17.6 Å². The van der Waals surface area contributed by atoms with Gasteiger partial charge in [-0.15, -0.1) is 0 Å². The van der Waals surface area contributed by atoms with Crippen LogP contribution in [0.4, 0.5) is 29.3 Å². The number of nitrogens with zero attached hydrogens (tertiary/aromatic N) is 5. The van der Waals surface area contributed by atoms with Crippen molar-refractivity contribution in [3.8, 4) is 11.3 Å². The minimum atomic E-state index is -4.70. The van der Waals surface area contributed by atoms with Crippen LogP contribution in [0.2, 0.25) is 0 Å². The summed E-state index contributed by atoms with van der Waals surface area (Å²) in [4.78, 5) is 9.32. The number of nitrogens with one attached hydrogen (secondary N) is 1. The number of hydrogen-bond donors (Lipinski definition) is 2. The molecule has 1 fully saturated rings. The molecular formula is C16H21F4N7. The van der Waals surface area contributed by atoms with Crippen LogP contribution in [0.25, 0.3) is 11.3 Å². The zero-order valence-corrected chi connectivity index (χ0v) is 15.2. The fourth-order valence-electron chi connectivity index (χ4n) is 3.35. The molecule has 0 amide bonds. The summed E-state index contributed by atoms with van der Waals surface area (Å²) >= 11 is 0. The van der Waals surface area contributed by atoms with Gasteiger partial charge in [0.2, 0.25) is 5.95 Å². The lowest BCUT2D eigenvalue weighted by Gasteiger charge is -2.32. The number of aryl methyl sites for hydroxylation is 1. The number of likely N-dealkylation sites (tertiary alicyclic amines) is 1. The van der Waals surface area contributed by atoms with Crippen molar-refractivity contribution in [3.63, 3.8) is 0 Å². The van der Waals surface area contributed by atoms with Crippen LogP contribution in [0, 0.1) is 6.92 Å². The largest absolute Gasteiger partial charge is 0.422 e. The number of alkyl halides is 4. The normalized spacial score (nSPS) is 21.4. The highest BCUT2D eigenvalue weighted by molar-refractivity contribution is 5.72. The number of hydrogen-bond acceptors (Lipinski definition) is 6. The number of nitrogens with two attached hydrogens (primary N) is 1. The Morgan fingerprint density at radius 3 is 2.59 bits per heavy atom. The molecule has 11 heteroatoms. The maximum absolute atomic E-state index is 14.4. The van der Waals surface area contributed by atoms with E-state index < -0.39 is 29.8 Å². The number of halogens is 4.